The van der Waals surface area contributed by atoms with Crippen molar-refractivity contribution in [2.45, 2.75) is 32.8 Å². The predicted octanol–water partition coefficient (Wildman–Crippen LogP) is 2.83. The second kappa shape index (κ2) is 5.85. The van der Waals surface area contributed by atoms with Crippen LogP contribution >= 0.6 is 0 Å². The summed E-state index contributed by atoms with van der Waals surface area (Å²) < 4.78 is 13.1. The number of aromatic amines is 1. The molecule has 0 spiro atoms. The first-order valence-corrected chi connectivity index (χ1v) is 7.12. The van der Waals surface area contributed by atoms with Gasteiger partial charge in [-0.3, -0.25) is 4.79 Å². The van der Waals surface area contributed by atoms with Gasteiger partial charge in [0.2, 0.25) is 0 Å². The minimum atomic E-state index is -0.956. The zero-order valence-electron chi connectivity index (χ0n) is 12.5. The Morgan fingerprint density at radius 3 is 2.86 bits per heavy atom. The van der Waals surface area contributed by atoms with Crippen molar-refractivity contribution in [3.63, 3.8) is 0 Å². The van der Waals surface area contributed by atoms with Gasteiger partial charge in [0.15, 0.2) is 0 Å². The number of carbonyl (C=O) groups is 1. The highest BCUT2D eigenvalue weighted by atomic mass is 19.1. The van der Waals surface area contributed by atoms with Gasteiger partial charge in [-0.15, -0.1) is 0 Å². The number of benzene rings is 1. The normalized spacial score (nSPS) is 15.7. The van der Waals surface area contributed by atoms with Crippen molar-refractivity contribution in [3.8, 4) is 0 Å². The van der Waals surface area contributed by atoms with Crippen LogP contribution in [0.2, 0.25) is 0 Å². The number of nitrogens with one attached hydrogen (secondary N) is 2. The van der Waals surface area contributed by atoms with Gasteiger partial charge in [-0.1, -0.05) is 20.3 Å². The van der Waals surface area contributed by atoms with Crippen LogP contribution < -0.4 is 5.32 Å². The SMILES string of the molecule is CCC(C)C(C)(O)CNC(=O)c1cc2cc(F)ccc2[nH]1. The molecule has 21 heavy (non-hydrogen) atoms. The second-order valence-corrected chi connectivity index (χ2v) is 5.76. The molecule has 0 aliphatic rings. The predicted molar refractivity (Wildman–Crippen MR) is 80.7 cm³/mol. The fraction of sp³-hybridized carbons (Fsp3) is 0.438. The quantitative estimate of drug-likeness (QED) is 0.793. The molecule has 3 N–H and O–H groups in total. The molecular weight excluding hydrogens is 271 g/mol. The van der Waals surface area contributed by atoms with Crippen LogP contribution in [0.15, 0.2) is 24.3 Å². The number of hydrogen-bond donors (Lipinski definition) is 3. The lowest BCUT2D eigenvalue weighted by Gasteiger charge is -2.29. The van der Waals surface area contributed by atoms with E-state index in [1.807, 2.05) is 13.8 Å². The molecule has 0 saturated carbocycles. The Labute approximate surface area is 123 Å². The van der Waals surface area contributed by atoms with Crippen LogP contribution in [0.5, 0.6) is 0 Å². The fourth-order valence-electron chi connectivity index (χ4n) is 2.19. The number of halogens is 1. The number of hydrogen-bond acceptors (Lipinski definition) is 2. The fourth-order valence-corrected chi connectivity index (χ4v) is 2.19. The molecule has 0 fully saturated rings. The molecule has 114 valence electrons. The van der Waals surface area contributed by atoms with Crippen molar-refractivity contribution in [3.05, 3.63) is 35.8 Å². The molecule has 2 aromatic rings. The largest absolute Gasteiger partial charge is 0.388 e. The lowest BCUT2D eigenvalue weighted by molar-refractivity contribution is 0.00589. The molecule has 1 heterocycles. The number of fused-ring (bicyclic) bond motifs is 1. The van der Waals surface area contributed by atoms with Gasteiger partial charge in [0.25, 0.3) is 5.91 Å². The molecule has 5 heteroatoms. The van der Waals surface area contributed by atoms with Gasteiger partial charge in [-0.05, 0) is 37.1 Å². The summed E-state index contributed by atoms with van der Waals surface area (Å²) in [6.07, 6.45) is 0.828. The second-order valence-electron chi connectivity index (χ2n) is 5.76. The first kappa shape index (κ1) is 15.5. The van der Waals surface area contributed by atoms with Gasteiger partial charge in [0.05, 0.1) is 5.60 Å². The van der Waals surface area contributed by atoms with Gasteiger partial charge < -0.3 is 15.4 Å². The third kappa shape index (κ3) is 3.42. The molecule has 2 rings (SSSR count). The molecule has 1 aromatic carbocycles. The van der Waals surface area contributed by atoms with Crippen molar-refractivity contribution in [2.24, 2.45) is 5.92 Å². The van der Waals surface area contributed by atoms with E-state index in [2.05, 4.69) is 10.3 Å². The van der Waals surface area contributed by atoms with Crippen LogP contribution in [0, 0.1) is 11.7 Å². The summed E-state index contributed by atoms with van der Waals surface area (Å²) in [4.78, 5) is 15.1. The lowest BCUT2D eigenvalue weighted by Crippen LogP contribution is -2.45. The maximum atomic E-state index is 13.1. The van der Waals surface area contributed by atoms with Gasteiger partial charge in [-0.25, -0.2) is 4.39 Å². The van der Waals surface area contributed by atoms with E-state index in [9.17, 15) is 14.3 Å². The van der Waals surface area contributed by atoms with E-state index in [4.69, 9.17) is 0 Å². The number of H-pyrrole nitrogens is 1. The Hall–Kier alpha value is -1.88. The minimum absolute atomic E-state index is 0.0783. The van der Waals surface area contributed by atoms with E-state index in [0.717, 1.165) is 6.42 Å². The Balaban J connectivity index is 2.09. The highest BCUT2D eigenvalue weighted by Gasteiger charge is 2.27. The summed E-state index contributed by atoms with van der Waals surface area (Å²) in [5, 5.41) is 13.6. The summed E-state index contributed by atoms with van der Waals surface area (Å²) >= 11 is 0. The van der Waals surface area contributed by atoms with Crippen molar-refractivity contribution < 1.29 is 14.3 Å². The van der Waals surface area contributed by atoms with Crippen LogP contribution in [0.4, 0.5) is 4.39 Å². The maximum Gasteiger partial charge on any atom is 0.267 e. The molecule has 0 saturated heterocycles. The van der Waals surface area contributed by atoms with Crippen molar-refractivity contribution >= 4 is 16.8 Å². The first-order valence-electron chi connectivity index (χ1n) is 7.12. The van der Waals surface area contributed by atoms with E-state index in [1.54, 1.807) is 19.1 Å². The number of rotatable bonds is 5. The standard InChI is InChI=1S/C16H21FN2O2/c1-4-10(2)16(3,21)9-18-15(20)14-8-11-7-12(17)5-6-13(11)19-14/h5-8,10,19,21H,4,9H2,1-3H3,(H,18,20). The Bertz CT molecular complexity index is 649. The Morgan fingerprint density at radius 2 is 2.19 bits per heavy atom. The van der Waals surface area contributed by atoms with Gasteiger partial charge in [-0.2, -0.15) is 0 Å². The van der Waals surface area contributed by atoms with E-state index in [1.165, 1.54) is 12.1 Å². The molecule has 0 aliphatic heterocycles. The molecule has 2 unspecified atom stereocenters. The minimum Gasteiger partial charge on any atom is -0.388 e. The summed E-state index contributed by atoms with van der Waals surface area (Å²) in [6, 6.07) is 5.91. The first-order chi connectivity index (χ1) is 9.83. The number of aromatic nitrogens is 1. The van der Waals surface area contributed by atoms with E-state index in [-0.39, 0.29) is 24.2 Å². The summed E-state index contributed by atoms with van der Waals surface area (Å²) in [5.74, 6) is -0.571. The molecule has 0 bridgehead atoms. The molecular formula is C16H21FN2O2. The van der Waals surface area contributed by atoms with Crippen LogP contribution in [-0.2, 0) is 0 Å². The maximum absolute atomic E-state index is 13.1. The molecule has 2 atom stereocenters. The average Bonchev–Trinajstić information content (AvgIpc) is 2.86. The number of aliphatic hydroxyl groups is 1. The molecule has 4 nitrogen and oxygen atoms in total. The summed E-state index contributed by atoms with van der Waals surface area (Å²) in [6.45, 7) is 5.82. The Morgan fingerprint density at radius 1 is 1.48 bits per heavy atom. The van der Waals surface area contributed by atoms with Gasteiger partial charge in [0, 0.05) is 17.4 Å². The highest BCUT2D eigenvalue weighted by molar-refractivity contribution is 5.98. The summed E-state index contributed by atoms with van der Waals surface area (Å²) in [7, 11) is 0. The van der Waals surface area contributed by atoms with E-state index in [0.29, 0.717) is 16.6 Å². The third-order valence-electron chi connectivity index (χ3n) is 4.11. The highest BCUT2D eigenvalue weighted by Crippen LogP contribution is 2.20. The molecule has 0 aliphatic carbocycles. The van der Waals surface area contributed by atoms with Gasteiger partial charge in [0.1, 0.15) is 11.5 Å². The van der Waals surface area contributed by atoms with E-state index >= 15 is 0 Å². The third-order valence-corrected chi connectivity index (χ3v) is 4.11. The van der Waals surface area contributed by atoms with Gasteiger partial charge >= 0.3 is 0 Å². The smallest absolute Gasteiger partial charge is 0.267 e. The molecule has 1 amide bonds. The Kier molecular flexibility index (Phi) is 4.32. The van der Waals surface area contributed by atoms with Crippen molar-refractivity contribution in [1.29, 1.82) is 0 Å². The van der Waals surface area contributed by atoms with Crippen molar-refractivity contribution in [2.75, 3.05) is 6.54 Å². The van der Waals surface area contributed by atoms with Crippen LogP contribution in [0.1, 0.15) is 37.7 Å². The molecule has 1 aromatic heterocycles. The topological polar surface area (TPSA) is 65.1 Å². The number of amides is 1. The van der Waals surface area contributed by atoms with Crippen LogP contribution in [-0.4, -0.2) is 28.1 Å². The van der Waals surface area contributed by atoms with Crippen LogP contribution in [0.3, 0.4) is 0 Å². The van der Waals surface area contributed by atoms with Crippen molar-refractivity contribution in [1.82, 2.24) is 10.3 Å². The number of carbonyl (C=O) groups excluding carboxylic acids is 1. The van der Waals surface area contributed by atoms with E-state index < -0.39 is 5.60 Å². The lowest BCUT2D eigenvalue weighted by atomic mass is 9.88. The zero-order chi connectivity index (χ0) is 15.6. The molecule has 0 radical (unpaired) electrons. The average molecular weight is 292 g/mol. The summed E-state index contributed by atoms with van der Waals surface area (Å²) in [5.41, 5.74) is 0.105. The monoisotopic (exact) mass is 292 g/mol. The van der Waals surface area contributed by atoms with Crippen LogP contribution in [0.25, 0.3) is 10.9 Å². The zero-order valence-corrected chi connectivity index (χ0v) is 12.5.